The van der Waals surface area contributed by atoms with Crippen LogP contribution in [0.2, 0.25) is 0 Å². The summed E-state index contributed by atoms with van der Waals surface area (Å²) in [6.07, 6.45) is -4.27. The molecule has 3 aromatic rings. The Morgan fingerprint density at radius 1 is 1.07 bits per heavy atom. The van der Waals surface area contributed by atoms with Gasteiger partial charge in [0.25, 0.3) is 0 Å². The minimum absolute atomic E-state index is 0.0304. The molecule has 2 aromatic carbocycles. The van der Waals surface area contributed by atoms with Crippen LogP contribution in [-0.2, 0) is 29.2 Å². The van der Waals surface area contributed by atoms with Gasteiger partial charge >= 0.3 is 6.18 Å². The third-order valence-corrected chi connectivity index (χ3v) is 6.54. The van der Waals surface area contributed by atoms with Gasteiger partial charge in [-0.05, 0) is 42.0 Å². The number of rotatable bonds is 2. The Morgan fingerprint density at radius 3 is 2.59 bits per heavy atom. The van der Waals surface area contributed by atoms with Gasteiger partial charge in [-0.3, -0.25) is 0 Å². The molecule has 2 heterocycles. The SMILES string of the molecule is O=S(=O)(c1cccc(C(F)(F)F)c1)N1CCc2[nH]c3ccc(F)cc3c2C1. The number of alkyl halides is 3. The highest BCUT2D eigenvalue weighted by Gasteiger charge is 2.34. The predicted molar refractivity (Wildman–Crippen MR) is 91.0 cm³/mol. The maximum atomic E-state index is 13.6. The maximum absolute atomic E-state index is 13.6. The molecule has 4 nitrogen and oxygen atoms in total. The van der Waals surface area contributed by atoms with Gasteiger partial charge in [0.15, 0.2) is 0 Å². The standard InChI is InChI=1S/C18H14F4N2O2S/c19-12-4-5-16-14(9-12)15-10-24(7-6-17(15)23-16)27(25,26)13-3-1-2-11(8-13)18(20,21)22/h1-5,8-9,23H,6-7,10H2. The summed E-state index contributed by atoms with van der Waals surface area (Å²) >= 11 is 0. The molecule has 0 amide bonds. The Balaban J connectivity index is 1.73. The number of hydrogen-bond acceptors (Lipinski definition) is 2. The van der Waals surface area contributed by atoms with Gasteiger partial charge in [0.1, 0.15) is 5.82 Å². The van der Waals surface area contributed by atoms with Crippen molar-refractivity contribution in [3.05, 3.63) is 65.1 Å². The van der Waals surface area contributed by atoms with E-state index in [1.54, 1.807) is 6.07 Å². The topological polar surface area (TPSA) is 53.2 Å². The summed E-state index contributed by atoms with van der Waals surface area (Å²) in [5.74, 6) is -0.442. The van der Waals surface area contributed by atoms with E-state index in [0.29, 0.717) is 29.0 Å². The molecule has 0 unspecified atom stereocenters. The van der Waals surface area contributed by atoms with E-state index in [4.69, 9.17) is 0 Å². The molecule has 0 aliphatic carbocycles. The van der Waals surface area contributed by atoms with Crippen LogP contribution in [0.5, 0.6) is 0 Å². The maximum Gasteiger partial charge on any atom is 0.416 e. The van der Waals surface area contributed by atoms with Crippen molar-refractivity contribution in [3.63, 3.8) is 0 Å². The summed E-state index contributed by atoms with van der Waals surface area (Å²) in [5, 5.41) is 0.578. The van der Waals surface area contributed by atoms with E-state index in [-0.39, 0.29) is 13.1 Å². The summed E-state index contributed by atoms with van der Waals surface area (Å²) in [6.45, 7) is 0.0955. The number of fused-ring (bicyclic) bond motifs is 3. The van der Waals surface area contributed by atoms with E-state index in [9.17, 15) is 26.0 Å². The van der Waals surface area contributed by atoms with Gasteiger partial charge in [0.2, 0.25) is 10.0 Å². The van der Waals surface area contributed by atoms with Gasteiger partial charge in [-0.15, -0.1) is 0 Å². The quantitative estimate of drug-likeness (QED) is 0.662. The zero-order valence-corrected chi connectivity index (χ0v) is 14.7. The van der Waals surface area contributed by atoms with E-state index in [1.165, 1.54) is 12.1 Å². The normalized spacial score (nSPS) is 15.9. The Kier molecular flexibility index (Phi) is 4.04. The number of nitrogens with zero attached hydrogens (tertiary/aromatic N) is 1. The Labute approximate surface area is 152 Å². The lowest BCUT2D eigenvalue weighted by molar-refractivity contribution is -0.137. The monoisotopic (exact) mass is 398 g/mol. The number of benzene rings is 2. The lowest BCUT2D eigenvalue weighted by Crippen LogP contribution is -2.35. The van der Waals surface area contributed by atoms with Gasteiger partial charge in [-0.2, -0.15) is 17.5 Å². The largest absolute Gasteiger partial charge is 0.416 e. The summed E-state index contributed by atoms with van der Waals surface area (Å²) in [4.78, 5) is 2.74. The predicted octanol–water partition coefficient (Wildman–Crippen LogP) is 4.07. The molecule has 1 aliphatic heterocycles. The number of aromatic amines is 1. The first-order chi connectivity index (χ1) is 12.7. The summed E-state index contributed by atoms with van der Waals surface area (Å²) in [6, 6.07) is 7.90. The average Bonchev–Trinajstić information content (AvgIpc) is 2.98. The first-order valence-electron chi connectivity index (χ1n) is 8.12. The molecule has 0 fully saturated rings. The highest BCUT2D eigenvalue weighted by molar-refractivity contribution is 7.89. The van der Waals surface area contributed by atoms with Gasteiger partial charge in [-0.1, -0.05) is 6.07 Å². The minimum Gasteiger partial charge on any atom is -0.358 e. The number of aromatic nitrogens is 1. The molecule has 9 heteroatoms. The van der Waals surface area contributed by atoms with Crippen LogP contribution in [0.3, 0.4) is 0 Å². The van der Waals surface area contributed by atoms with E-state index < -0.39 is 32.5 Å². The van der Waals surface area contributed by atoms with Gasteiger partial charge in [-0.25, -0.2) is 12.8 Å². The van der Waals surface area contributed by atoms with E-state index in [2.05, 4.69) is 4.98 Å². The third-order valence-electron chi connectivity index (χ3n) is 4.70. The van der Waals surface area contributed by atoms with Crippen molar-refractivity contribution in [2.75, 3.05) is 6.54 Å². The molecule has 1 N–H and O–H groups in total. The second kappa shape index (κ2) is 6.07. The molecular weight excluding hydrogens is 384 g/mol. The molecule has 4 rings (SSSR count). The van der Waals surface area contributed by atoms with Crippen molar-refractivity contribution >= 4 is 20.9 Å². The zero-order chi connectivity index (χ0) is 19.4. The third kappa shape index (κ3) is 3.10. The van der Waals surface area contributed by atoms with Crippen molar-refractivity contribution in [2.45, 2.75) is 24.0 Å². The number of H-pyrrole nitrogens is 1. The van der Waals surface area contributed by atoms with Crippen molar-refractivity contribution in [1.29, 1.82) is 0 Å². The Hall–Kier alpha value is -2.39. The highest BCUT2D eigenvalue weighted by Crippen LogP contribution is 2.33. The van der Waals surface area contributed by atoms with Crippen molar-refractivity contribution in [2.24, 2.45) is 0 Å². The molecule has 0 spiro atoms. The lowest BCUT2D eigenvalue weighted by Gasteiger charge is -2.26. The second-order valence-electron chi connectivity index (χ2n) is 6.39. The first kappa shape index (κ1) is 18.0. The van der Waals surface area contributed by atoms with Crippen LogP contribution in [-0.4, -0.2) is 24.3 Å². The van der Waals surface area contributed by atoms with Crippen LogP contribution in [0.25, 0.3) is 10.9 Å². The van der Waals surface area contributed by atoms with Gasteiger partial charge in [0, 0.05) is 36.1 Å². The highest BCUT2D eigenvalue weighted by atomic mass is 32.2. The summed E-state index contributed by atoms with van der Waals surface area (Å²) < 4.78 is 79.2. The lowest BCUT2D eigenvalue weighted by atomic mass is 10.1. The molecule has 27 heavy (non-hydrogen) atoms. The van der Waals surface area contributed by atoms with Crippen molar-refractivity contribution < 1.29 is 26.0 Å². The van der Waals surface area contributed by atoms with E-state index in [0.717, 1.165) is 28.2 Å². The molecule has 0 bridgehead atoms. The number of hydrogen-bond donors (Lipinski definition) is 1. The molecule has 0 saturated carbocycles. The van der Waals surface area contributed by atoms with Gasteiger partial charge < -0.3 is 4.98 Å². The van der Waals surface area contributed by atoms with E-state index in [1.807, 2.05) is 0 Å². The molecule has 1 aliphatic rings. The molecular formula is C18H14F4N2O2S. The minimum atomic E-state index is -4.63. The van der Waals surface area contributed by atoms with Gasteiger partial charge in [0.05, 0.1) is 10.5 Å². The molecule has 0 saturated heterocycles. The Morgan fingerprint density at radius 2 is 1.85 bits per heavy atom. The molecule has 142 valence electrons. The van der Waals surface area contributed by atoms with Crippen LogP contribution in [0.1, 0.15) is 16.8 Å². The van der Waals surface area contributed by atoms with Crippen molar-refractivity contribution in [1.82, 2.24) is 9.29 Å². The van der Waals surface area contributed by atoms with E-state index >= 15 is 0 Å². The Bertz CT molecular complexity index is 1140. The van der Waals surface area contributed by atoms with Crippen LogP contribution >= 0.6 is 0 Å². The number of nitrogens with one attached hydrogen (secondary N) is 1. The second-order valence-corrected chi connectivity index (χ2v) is 8.32. The first-order valence-corrected chi connectivity index (χ1v) is 9.56. The van der Waals surface area contributed by atoms with Crippen LogP contribution in [0, 0.1) is 5.82 Å². The fourth-order valence-electron chi connectivity index (χ4n) is 3.35. The molecule has 0 atom stereocenters. The zero-order valence-electron chi connectivity index (χ0n) is 13.8. The summed E-state index contributed by atoms with van der Waals surface area (Å²) in [7, 11) is -4.12. The fourth-order valence-corrected chi connectivity index (χ4v) is 4.80. The van der Waals surface area contributed by atoms with Crippen LogP contribution in [0.15, 0.2) is 47.4 Å². The average molecular weight is 398 g/mol. The van der Waals surface area contributed by atoms with Crippen LogP contribution in [0.4, 0.5) is 17.6 Å². The summed E-state index contributed by atoms with van der Waals surface area (Å²) in [5.41, 5.74) is 1.13. The smallest absolute Gasteiger partial charge is 0.358 e. The molecule has 1 aromatic heterocycles. The number of halogens is 4. The van der Waals surface area contributed by atoms with Crippen molar-refractivity contribution in [3.8, 4) is 0 Å². The fraction of sp³-hybridized carbons (Fsp3) is 0.222. The number of sulfonamides is 1. The molecule has 0 radical (unpaired) electrons. The van der Waals surface area contributed by atoms with Crippen LogP contribution < -0.4 is 0 Å².